The molecule has 0 aliphatic heterocycles. The summed E-state index contributed by atoms with van der Waals surface area (Å²) < 4.78 is 34.2. The lowest BCUT2D eigenvalue weighted by Gasteiger charge is -2.34. The van der Waals surface area contributed by atoms with E-state index in [1.165, 1.54) is 31.4 Å². The Morgan fingerprint density at radius 3 is 2.77 bits per heavy atom. The monoisotopic (exact) mass is 387 g/mol. The highest BCUT2D eigenvalue weighted by molar-refractivity contribution is 7.99. The van der Waals surface area contributed by atoms with Crippen molar-refractivity contribution in [1.29, 1.82) is 0 Å². The molecule has 0 radical (unpaired) electrons. The zero-order valence-electron chi connectivity index (χ0n) is 15.5. The number of methoxy groups -OCH3 is 1. The summed E-state index contributed by atoms with van der Waals surface area (Å²) in [4.78, 5) is 12.2. The minimum absolute atomic E-state index is 0.00870. The van der Waals surface area contributed by atoms with Crippen molar-refractivity contribution in [3.63, 3.8) is 0 Å². The Labute approximate surface area is 158 Å². The van der Waals surface area contributed by atoms with Crippen LogP contribution < -0.4 is 14.8 Å². The molecule has 0 heterocycles. The summed E-state index contributed by atoms with van der Waals surface area (Å²) in [6.07, 6.45) is 3.44. The Kier molecular flexibility index (Phi) is 8.00. The van der Waals surface area contributed by atoms with E-state index in [0.29, 0.717) is 23.3 Å². The van der Waals surface area contributed by atoms with Crippen molar-refractivity contribution in [3.05, 3.63) is 23.8 Å². The van der Waals surface area contributed by atoms with Gasteiger partial charge in [0.25, 0.3) is 0 Å². The maximum absolute atomic E-state index is 12.3. The van der Waals surface area contributed by atoms with Crippen LogP contribution in [-0.2, 0) is 10.5 Å². The van der Waals surface area contributed by atoms with Gasteiger partial charge in [-0.1, -0.05) is 32.8 Å². The molecule has 1 aliphatic carbocycles. The fraction of sp³-hybridized carbons (Fsp3) is 0.632. The smallest absolute Gasteiger partial charge is 0.387 e. The van der Waals surface area contributed by atoms with Crippen LogP contribution in [0.25, 0.3) is 0 Å². The van der Waals surface area contributed by atoms with E-state index in [2.05, 4.69) is 23.9 Å². The van der Waals surface area contributed by atoms with Crippen molar-refractivity contribution in [2.24, 2.45) is 11.8 Å². The van der Waals surface area contributed by atoms with E-state index in [0.717, 1.165) is 18.4 Å². The number of amides is 1. The largest absolute Gasteiger partial charge is 0.493 e. The van der Waals surface area contributed by atoms with Crippen LogP contribution in [0.3, 0.4) is 0 Å². The number of benzene rings is 1. The minimum atomic E-state index is -2.89. The van der Waals surface area contributed by atoms with Gasteiger partial charge in [0.1, 0.15) is 0 Å². The lowest BCUT2D eigenvalue weighted by molar-refractivity contribution is -0.120. The van der Waals surface area contributed by atoms with Gasteiger partial charge in [-0.15, -0.1) is 11.8 Å². The molecular weight excluding hydrogens is 360 g/mol. The van der Waals surface area contributed by atoms with Crippen LogP contribution in [0.15, 0.2) is 18.2 Å². The van der Waals surface area contributed by atoms with Gasteiger partial charge in [-0.2, -0.15) is 8.78 Å². The molecule has 0 spiro atoms. The van der Waals surface area contributed by atoms with Crippen molar-refractivity contribution < 1.29 is 23.0 Å². The number of hydrogen-bond donors (Lipinski definition) is 1. The molecule has 146 valence electrons. The highest BCUT2D eigenvalue weighted by Crippen LogP contribution is 2.31. The first kappa shape index (κ1) is 20.8. The highest BCUT2D eigenvalue weighted by atomic mass is 32.2. The van der Waals surface area contributed by atoms with Crippen molar-refractivity contribution in [3.8, 4) is 11.5 Å². The molecule has 3 atom stereocenters. The molecule has 7 heteroatoms. The maximum Gasteiger partial charge on any atom is 0.387 e. The van der Waals surface area contributed by atoms with Gasteiger partial charge in [-0.3, -0.25) is 4.79 Å². The standard InChI is InChI=1S/C19H27F2NO3S/c1-12-5-4-6-15(13(12)2)22-18(23)11-26-10-14-7-8-16(25-19(20)21)17(9-14)24-3/h7-9,12-13,15,19H,4-6,10-11H2,1-3H3,(H,22,23)/t12-,13-,15+/m1/s1. The third-order valence-electron chi connectivity index (χ3n) is 5.00. The van der Waals surface area contributed by atoms with Crippen molar-refractivity contribution in [1.82, 2.24) is 5.32 Å². The third-order valence-corrected chi connectivity index (χ3v) is 6.00. The summed E-state index contributed by atoms with van der Waals surface area (Å²) in [7, 11) is 1.41. The summed E-state index contributed by atoms with van der Waals surface area (Å²) in [6, 6.07) is 5.09. The Bertz CT molecular complexity index is 600. The van der Waals surface area contributed by atoms with Gasteiger partial charge < -0.3 is 14.8 Å². The number of carbonyl (C=O) groups excluding carboxylic acids is 1. The number of ether oxygens (including phenoxy) is 2. The van der Waals surface area contributed by atoms with E-state index in [9.17, 15) is 13.6 Å². The topological polar surface area (TPSA) is 47.6 Å². The van der Waals surface area contributed by atoms with Gasteiger partial charge in [0, 0.05) is 11.8 Å². The summed E-state index contributed by atoms with van der Waals surface area (Å²) in [5.74, 6) is 2.43. The van der Waals surface area contributed by atoms with Crippen LogP contribution in [0, 0.1) is 11.8 Å². The van der Waals surface area contributed by atoms with Crippen molar-refractivity contribution in [2.75, 3.05) is 12.9 Å². The summed E-state index contributed by atoms with van der Waals surface area (Å²) in [6.45, 7) is 1.56. The number of thioether (sulfide) groups is 1. The van der Waals surface area contributed by atoms with Gasteiger partial charge in [0.15, 0.2) is 11.5 Å². The normalized spacial score (nSPS) is 22.9. The van der Waals surface area contributed by atoms with E-state index >= 15 is 0 Å². The SMILES string of the molecule is COc1cc(CSCC(=O)N[C@H]2CCC[C@@H](C)[C@H]2C)ccc1OC(F)F. The molecule has 4 nitrogen and oxygen atoms in total. The molecule has 2 rings (SSSR count). The Balaban J connectivity index is 1.80. The molecule has 1 amide bonds. The van der Waals surface area contributed by atoms with E-state index in [-0.39, 0.29) is 23.4 Å². The molecule has 26 heavy (non-hydrogen) atoms. The van der Waals surface area contributed by atoms with Crippen LogP contribution in [0.5, 0.6) is 11.5 Å². The van der Waals surface area contributed by atoms with Gasteiger partial charge >= 0.3 is 6.61 Å². The van der Waals surface area contributed by atoms with E-state index in [1.54, 1.807) is 12.1 Å². The van der Waals surface area contributed by atoms with Crippen LogP contribution >= 0.6 is 11.8 Å². The zero-order chi connectivity index (χ0) is 19.1. The number of alkyl halides is 2. The molecular formula is C19H27F2NO3S. The Hall–Kier alpha value is -1.50. The minimum Gasteiger partial charge on any atom is -0.493 e. The van der Waals surface area contributed by atoms with Crippen molar-refractivity contribution in [2.45, 2.75) is 51.5 Å². The molecule has 0 aromatic heterocycles. The van der Waals surface area contributed by atoms with Gasteiger partial charge in [-0.05, 0) is 36.0 Å². The number of hydrogen-bond acceptors (Lipinski definition) is 4. The molecule has 1 saturated carbocycles. The fourth-order valence-corrected chi connectivity index (χ4v) is 4.08. The first-order chi connectivity index (χ1) is 12.4. The van der Waals surface area contributed by atoms with Crippen LogP contribution in [0.2, 0.25) is 0 Å². The summed E-state index contributed by atoms with van der Waals surface area (Å²) >= 11 is 1.49. The Morgan fingerprint density at radius 1 is 1.31 bits per heavy atom. The Morgan fingerprint density at radius 2 is 2.08 bits per heavy atom. The first-order valence-corrected chi connectivity index (χ1v) is 10.0. The first-order valence-electron chi connectivity index (χ1n) is 8.89. The molecule has 1 aromatic rings. The van der Waals surface area contributed by atoms with Crippen LogP contribution in [-0.4, -0.2) is 31.4 Å². The molecule has 0 unspecified atom stereocenters. The molecule has 0 saturated heterocycles. The average Bonchev–Trinajstić information content (AvgIpc) is 2.59. The lowest BCUT2D eigenvalue weighted by Crippen LogP contribution is -2.44. The quantitative estimate of drug-likeness (QED) is 0.715. The number of rotatable bonds is 8. The second-order valence-corrected chi connectivity index (χ2v) is 7.78. The van der Waals surface area contributed by atoms with Gasteiger partial charge in [0.05, 0.1) is 12.9 Å². The average molecular weight is 387 g/mol. The van der Waals surface area contributed by atoms with Crippen molar-refractivity contribution >= 4 is 17.7 Å². The summed E-state index contributed by atoms with van der Waals surface area (Å²) in [5, 5.41) is 3.15. The summed E-state index contributed by atoms with van der Waals surface area (Å²) in [5.41, 5.74) is 0.890. The second kappa shape index (κ2) is 10.00. The third kappa shape index (κ3) is 6.04. The van der Waals surface area contributed by atoms with Gasteiger partial charge in [-0.25, -0.2) is 0 Å². The molecule has 0 bridgehead atoms. The number of halogens is 2. The number of nitrogens with one attached hydrogen (secondary N) is 1. The van der Waals surface area contributed by atoms with Gasteiger partial charge in [0.2, 0.25) is 5.91 Å². The van der Waals surface area contributed by atoms with E-state index < -0.39 is 6.61 Å². The maximum atomic E-state index is 12.3. The molecule has 1 aromatic carbocycles. The fourth-order valence-electron chi connectivity index (χ4n) is 3.29. The molecule has 1 N–H and O–H groups in total. The van der Waals surface area contributed by atoms with E-state index in [4.69, 9.17) is 4.74 Å². The predicted molar refractivity (Wildman–Crippen MR) is 99.9 cm³/mol. The zero-order valence-corrected chi connectivity index (χ0v) is 16.3. The number of carbonyl (C=O) groups is 1. The predicted octanol–water partition coefficient (Wildman–Crippen LogP) is 4.47. The van der Waals surface area contributed by atoms with E-state index in [1.807, 2.05) is 0 Å². The highest BCUT2D eigenvalue weighted by Gasteiger charge is 2.27. The van der Waals surface area contributed by atoms with Crippen LogP contribution in [0.1, 0.15) is 38.7 Å². The molecule has 1 aliphatic rings. The lowest BCUT2D eigenvalue weighted by atomic mass is 9.78. The van der Waals surface area contributed by atoms with Crippen LogP contribution in [0.4, 0.5) is 8.78 Å². The second-order valence-electron chi connectivity index (χ2n) is 6.80. The molecule has 1 fully saturated rings.